The Hall–Kier alpha value is -1.61. The van der Waals surface area contributed by atoms with Gasteiger partial charge in [0.2, 0.25) is 0 Å². The SMILES string of the molecule is C=CC(C)(C)CC(O)C(CCc1ccccc1)C(=O)O. The quantitative estimate of drug-likeness (QED) is 0.716. The number of aliphatic hydroxyl groups is 1. The fraction of sp³-hybridized carbons (Fsp3) is 0.471. The molecule has 0 aromatic heterocycles. The van der Waals surface area contributed by atoms with Crippen LogP contribution in [-0.2, 0) is 11.2 Å². The third-order valence-corrected chi connectivity index (χ3v) is 3.66. The minimum absolute atomic E-state index is 0.264. The summed E-state index contributed by atoms with van der Waals surface area (Å²) in [4.78, 5) is 11.4. The van der Waals surface area contributed by atoms with Crippen LogP contribution in [0.3, 0.4) is 0 Å². The normalized spacial score (nSPS) is 14.6. The van der Waals surface area contributed by atoms with Crippen molar-refractivity contribution in [3.05, 3.63) is 48.6 Å². The second-order valence-electron chi connectivity index (χ2n) is 5.93. The molecule has 1 aromatic rings. The highest BCUT2D eigenvalue weighted by molar-refractivity contribution is 5.70. The minimum Gasteiger partial charge on any atom is -0.481 e. The molecule has 0 aliphatic rings. The third-order valence-electron chi connectivity index (χ3n) is 3.66. The first kappa shape index (κ1) is 16.4. The van der Waals surface area contributed by atoms with Crippen molar-refractivity contribution in [1.82, 2.24) is 0 Å². The van der Waals surface area contributed by atoms with Crippen LogP contribution in [0.4, 0.5) is 0 Å². The number of carbonyl (C=O) groups is 1. The lowest BCUT2D eigenvalue weighted by Gasteiger charge is -2.27. The summed E-state index contributed by atoms with van der Waals surface area (Å²) in [6, 6.07) is 9.74. The molecule has 0 saturated carbocycles. The van der Waals surface area contributed by atoms with Gasteiger partial charge in [-0.3, -0.25) is 4.79 Å². The lowest BCUT2D eigenvalue weighted by molar-refractivity contribution is -0.146. The highest BCUT2D eigenvalue weighted by atomic mass is 16.4. The molecule has 0 saturated heterocycles. The van der Waals surface area contributed by atoms with Crippen molar-refractivity contribution < 1.29 is 15.0 Å². The first-order valence-corrected chi connectivity index (χ1v) is 6.94. The van der Waals surface area contributed by atoms with Gasteiger partial charge in [-0.2, -0.15) is 0 Å². The average molecular weight is 276 g/mol. The number of benzene rings is 1. The van der Waals surface area contributed by atoms with Crippen LogP contribution >= 0.6 is 0 Å². The van der Waals surface area contributed by atoms with Gasteiger partial charge < -0.3 is 10.2 Å². The van der Waals surface area contributed by atoms with E-state index in [1.807, 2.05) is 44.2 Å². The highest BCUT2D eigenvalue weighted by Crippen LogP contribution is 2.28. The van der Waals surface area contributed by atoms with E-state index in [-0.39, 0.29) is 5.41 Å². The molecule has 0 aliphatic carbocycles. The number of hydrogen-bond donors (Lipinski definition) is 2. The maximum absolute atomic E-state index is 11.4. The predicted molar refractivity (Wildman–Crippen MR) is 80.5 cm³/mol. The van der Waals surface area contributed by atoms with Crippen LogP contribution in [0, 0.1) is 11.3 Å². The maximum Gasteiger partial charge on any atom is 0.309 e. The van der Waals surface area contributed by atoms with E-state index in [9.17, 15) is 15.0 Å². The van der Waals surface area contributed by atoms with Crippen LogP contribution in [0.1, 0.15) is 32.3 Å². The van der Waals surface area contributed by atoms with Gasteiger partial charge in [0, 0.05) is 0 Å². The zero-order valence-corrected chi connectivity index (χ0v) is 12.2. The van der Waals surface area contributed by atoms with E-state index in [0.717, 1.165) is 5.56 Å². The molecule has 1 rings (SSSR count). The van der Waals surface area contributed by atoms with E-state index in [4.69, 9.17) is 0 Å². The smallest absolute Gasteiger partial charge is 0.309 e. The molecular weight excluding hydrogens is 252 g/mol. The van der Waals surface area contributed by atoms with Crippen LogP contribution in [0.25, 0.3) is 0 Å². The number of rotatable bonds is 8. The number of hydrogen-bond acceptors (Lipinski definition) is 2. The Balaban J connectivity index is 2.65. The second-order valence-corrected chi connectivity index (χ2v) is 5.93. The summed E-state index contributed by atoms with van der Waals surface area (Å²) < 4.78 is 0. The molecular formula is C17H24O3. The Morgan fingerprint density at radius 2 is 1.95 bits per heavy atom. The molecule has 3 heteroatoms. The van der Waals surface area contributed by atoms with Crippen LogP contribution in [0.5, 0.6) is 0 Å². The molecule has 20 heavy (non-hydrogen) atoms. The van der Waals surface area contributed by atoms with E-state index >= 15 is 0 Å². The standard InChI is InChI=1S/C17H24O3/c1-4-17(2,3)12-15(18)14(16(19)20)11-10-13-8-6-5-7-9-13/h4-9,14-15,18H,1,10-12H2,2-3H3,(H,19,20). The zero-order valence-electron chi connectivity index (χ0n) is 12.2. The van der Waals surface area contributed by atoms with Gasteiger partial charge in [-0.1, -0.05) is 50.3 Å². The number of aryl methyl sites for hydroxylation is 1. The number of aliphatic carboxylic acids is 1. The van der Waals surface area contributed by atoms with Crippen molar-refractivity contribution in [3.63, 3.8) is 0 Å². The van der Waals surface area contributed by atoms with Crippen LogP contribution in [0.2, 0.25) is 0 Å². The van der Waals surface area contributed by atoms with Crippen LogP contribution < -0.4 is 0 Å². The highest BCUT2D eigenvalue weighted by Gasteiger charge is 2.30. The lowest BCUT2D eigenvalue weighted by atomic mass is 9.81. The molecule has 0 bridgehead atoms. The summed E-state index contributed by atoms with van der Waals surface area (Å²) in [6.07, 6.45) is 2.40. The molecule has 2 atom stereocenters. The van der Waals surface area contributed by atoms with Gasteiger partial charge in [-0.15, -0.1) is 6.58 Å². The maximum atomic E-state index is 11.4. The second kappa shape index (κ2) is 7.25. The average Bonchev–Trinajstić information content (AvgIpc) is 2.39. The Bertz CT molecular complexity index is 437. The van der Waals surface area contributed by atoms with Gasteiger partial charge in [0.25, 0.3) is 0 Å². The van der Waals surface area contributed by atoms with Gasteiger partial charge >= 0.3 is 5.97 Å². The predicted octanol–water partition coefficient (Wildman–Crippen LogP) is 3.28. The summed E-state index contributed by atoms with van der Waals surface area (Å²) in [5.41, 5.74) is 0.828. The molecule has 0 radical (unpaired) electrons. The van der Waals surface area contributed by atoms with E-state index < -0.39 is 18.0 Å². The molecule has 1 aromatic carbocycles. The zero-order chi connectivity index (χ0) is 15.2. The summed E-state index contributed by atoms with van der Waals surface area (Å²) in [7, 11) is 0. The van der Waals surface area contributed by atoms with Crippen molar-refractivity contribution in [1.29, 1.82) is 0 Å². The summed E-state index contributed by atoms with van der Waals surface area (Å²) in [5, 5.41) is 19.5. The van der Waals surface area contributed by atoms with Crippen LogP contribution in [-0.4, -0.2) is 22.3 Å². The monoisotopic (exact) mass is 276 g/mol. The summed E-state index contributed by atoms with van der Waals surface area (Å²) in [5.74, 6) is -1.68. The first-order chi connectivity index (χ1) is 9.35. The largest absolute Gasteiger partial charge is 0.481 e. The van der Waals surface area contributed by atoms with Crippen molar-refractivity contribution in [3.8, 4) is 0 Å². The third kappa shape index (κ3) is 5.17. The topological polar surface area (TPSA) is 57.5 Å². The van der Waals surface area contributed by atoms with E-state index in [0.29, 0.717) is 19.3 Å². The van der Waals surface area contributed by atoms with Crippen molar-refractivity contribution >= 4 is 5.97 Å². The van der Waals surface area contributed by atoms with Gasteiger partial charge in [0.05, 0.1) is 12.0 Å². The molecule has 0 aliphatic heterocycles. The van der Waals surface area contributed by atoms with Crippen molar-refractivity contribution in [2.45, 2.75) is 39.2 Å². The van der Waals surface area contributed by atoms with Crippen molar-refractivity contribution in [2.75, 3.05) is 0 Å². The lowest BCUT2D eigenvalue weighted by Crippen LogP contribution is -2.32. The summed E-state index contributed by atoms with van der Waals surface area (Å²) >= 11 is 0. The van der Waals surface area contributed by atoms with Crippen molar-refractivity contribution in [2.24, 2.45) is 11.3 Å². The summed E-state index contributed by atoms with van der Waals surface area (Å²) in [6.45, 7) is 7.61. The number of carboxylic acids is 1. The van der Waals surface area contributed by atoms with Gasteiger partial charge in [-0.05, 0) is 30.2 Å². The molecule has 0 fully saturated rings. The van der Waals surface area contributed by atoms with Gasteiger partial charge in [0.1, 0.15) is 0 Å². The van der Waals surface area contributed by atoms with Gasteiger partial charge in [-0.25, -0.2) is 0 Å². The van der Waals surface area contributed by atoms with E-state index in [2.05, 4.69) is 6.58 Å². The van der Waals surface area contributed by atoms with Crippen LogP contribution in [0.15, 0.2) is 43.0 Å². The number of aliphatic hydroxyl groups excluding tert-OH is 1. The molecule has 2 unspecified atom stereocenters. The minimum atomic E-state index is -0.937. The fourth-order valence-electron chi connectivity index (χ4n) is 2.21. The molecule has 0 spiro atoms. The number of carboxylic acid groups (broad SMARTS) is 1. The molecule has 110 valence electrons. The Morgan fingerprint density at radius 3 is 2.45 bits per heavy atom. The van der Waals surface area contributed by atoms with E-state index in [1.54, 1.807) is 6.08 Å². The van der Waals surface area contributed by atoms with E-state index in [1.165, 1.54) is 0 Å². The Labute approximate surface area is 121 Å². The molecule has 2 N–H and O–H groups in total. The first-order valence-electron chi connectivity index (χ1n) is 6.94. The molecule has 0 heterocycles. The van der Waals surface area contributed by atoms with Gasteiger partial charge in [0.15, 0.2) is 0 Å². The molecule has 3 nitrogen and oxygen atoms in total. The Kier molecular flexibility index (Phi) is 5.96. The fourth-order valence-corrected chi connectivity index (χ4v) is 2.21. The molecule has 0 amide bonds. The Morgan fingerprint density at radius 1 is 1.35 bits per heavy atom. The number of allylic oxidation sites excluding steroid dienone is 1.